The Kier molecular flexibility index (Phi) is 7.46. The van der Waals surface area contributed by atoms with Crippen molar-refractivity contribution in [2.24, 2.45) is 7.05 Å². The summed E-state index contributed by atoms with van der Waals surface area (Å²) < 4.78 is 3.12. The number of nitrogens with zero attached hydrogens (tertiary/aromatic N) is 2. The van der Waals surface area contributed by atoms with Crippen molar-refractivity contribution >= 4 is 17.6 Å². The van der Waals surface area contributed by atoms with E-state index < -0.39 is 17.9 Å². The summed E-state index contributed by atoms with van der Waals surface area (Å²) in [5, 5.41) is 15.8. The summed E-state index contributed by atoms with van der Waals surface area (Å²) in [5.41, 5.74) is 2.40. The topological polar surface area (TPSA) is 113 Å². The largest absolute Gasteiger partial charge is 0.544 e. The number of anilines is 1. The van der Waals surface area contributed by atoms with Crippen LogP contribution in [0.5, 0.6) is 0 Å². The first-order valence-electron chi connectivity index (χ1n) is 10.7. The Bertz CT molecular complexity index is 1020. The summed E-state index contributed by atoms with van der Waals surface area (Å²) in [5.74, 6) is -1.80. The second kappa shape index (κ2) is 10.3. The van der Waals surface area contributed by atoms with Gasteiger partial charge in [0.05, 0.1) is 30.3 Å². The Hall–Kier alpha value is -3.13. The number of quaternary nitrogens is 1. The van der Waals surface area contributed by atoms with Crippen molar-refractivity contribution < 1.29 is 20.0 Å². The highest BCUT2D eigenvalue weighted by Gasteiger charge is 2.22. The standard InChI is InChI=1S/C23H30N4O4/c1-16-21(22(29)27(26(16)2)18-11-7-4-8-12-18)25-20(28)15-19(23(30)31)24-14-13-17-9-5-3-6-10-17/h4,7-9,11-12,19,24H,3,5-6,10,13-15H2,1-2H3,(H,25,28)(H,30,31)/t19-/m0/s1. The summed E-state index contributed by atoms with van der Waals surface area (Å²) in [6.07, 6.45) is 7.30. The number of amides is 1. The quantitative estimate of drug-likeness (QED) is 0.565. The first kappa shape index (κ1) is 22.6. The molecule has 0 bridgehead atoms. The zero-order valence-electron chi connectivity index (χ0n) is 18.1. The molecule has 0 saturated carbocycles. The number of benzene rings is 1. The van der Waals surface area contributed by atoms with Crippen LogP contribution >= 0.6 is 0 Å². The van der Waals surface area contributed by atoms with Crippen molar-refractivity contribution in [1.82, 2.24) is 9.36 Å². The molecular formula is C23H30N4O4. The summed E-state index contributed by atoms with van der Waals surface area (Å²) >= 11 is 0. The number of carbonyl (C=O) groups excluding carboxylic acids is 2. The van der Waals surface area contributed by atoms with Gasteiger partial charge >= 0.3 is 0 Å². The van der Waals surface area contributed by atoms with Crippen LogP contribution in [0.25, 0.3) is 5.69 Å². The molecule has 2 aromatic rings. The van der Waals surface area contributed by atoms with Crippen LogP contribution in [-0.4, -0.2) is 33.8 Å². The number of allylic oxidation sites excluding steroid dienone is 1. The number of carboxylic acid groups (broad SMARTS) is 1. The Morgan fingerprint density at radius 1 is 1.23 bits per heavy atom. The minimum absolute atomic E-state index is 0.154. The predicted molar refractivity (Wildman–Crippen MR) is 116 cm³/mol. The highest BCUT2D eigenvalue weighted by Crippen LogP contribution is 2.19. The van der Waals surface area contributed by atoms with Gasteiger partial charge in [-0.2, -0.15) is 0 Å². The molecule has 0 fully saturated rings. The van der Waals surface area contributed by atoms with E-state index in [2.05, 4.69) is 11.4 Å². The summed E-state index contributed by atoms with van der Waals surface area (Å²) in [7, 11) is 1.73. The lowest BCUT2D eigenvalue weighted by Gasteiger charge is -2.17. The van der Waals surface area contributed by atoms with Gasteiger partial charge in [0.1, 0.15) is 11.7 Å². The molecule has 1 aliphatic rings. The van der Waals surface area contributed by atoms with E-state index in [-0.39, 0.29) is 17.7 Å². The normalized spacial score (nSPS) is 14.7. The molecule has 3 N–H and O–H groups in total. The lowest BCUT2D eigenvalue weighted by Crippen LogP contribution is -2.93. The number of para-hydroxylation sites is 1. The van der Waals surface area contributed by atoms with Gasteiger partial charge in [0.25, 0.3) is 5.56 Å². The smallest absolute Gasteiger partial charge is 0.295 e. The van der Waals surface area contributed by atoms with Gasteiger partial charge in [-0.3, -0.25) is 14.3 Å². The highest BCUT2D eigenvalue weighted by molar-refractivity contribution is 5.93. The van der Waals surface area contributed by atoms with Gasteiger partial charge in [-0.05, 0) is 44.7 Å². The van der Waals surface area contributed by atoms with Crippen molar-refractivity contribution in [3.63, 3.8) is 0 Å². The summed E-state index contributed by atoms with van der Waals surface area (Å²) in [4.78, 5) is 37.0. The minimum Gasteiger partial charge on any atom is -0.544 e. The number of nitrogens with one attached hydrogen (secondary N) is 1. The van der Waals surface area contributed by atoms with E-state index in [1.165, 1.54) is 23.1 Å². The van der Waals surface area contributed by atoms with Crippen molar-refractivity contribution in [2.45, 2.75) is 51.5 Å². The molecule has 1 aliphatic carbocycles. The van der Waals surface area contributed by atoms with Gasteiger partial charge < -0.3 is 20.5 Å². The molecule has 1 aromatic carbocycles. The second-order valence-corrected chi connectivity index (χ2v) is 8.00. The van der Waals surface area contributed by atoms with Gasteiger partial charge in [-0.25, -0.2) is 4.68 Å². The molecule has 1 amide bonds. The third-order valence-electron chi connectivity index (χ3n) is 5.83. The van der Waals surface area contributed by atoms with Crippen LogP contribution in [0.4, 0.5) is 5.69 Å². The Morgan fingerprint density at radius 2 is 1.97 bits per heavy atom. The maximum atomic E-state index is 12.9. The van der Waals surface area contributed by atoms with Crippen molar-refractivity contribution in [2.75, 3.05) is 11.9 Å². The van der Waals surface area contributed by atoms with Crippen LogP contribution < -0.4 is 21.3 Å². The van der Waals surface area contributed by atoms with E-state index in [9.17, 15) is 19.5 Å². The van der Waals surface area contributed by atoms with Gasteiger partial charge in [0.2, 0.25) is 5.91 Å². The number of rotatable bonds is 9. The molecule has 3 rings (SSSR count). The van der Waals surface area contributed by atoms with Crippen LogP contribution in [0.15, 0.2) is 46.8 Å². The molecule has 0 spiro atoms. The molecule has 166 valence electrons. The van der Waals surface area contributed by atoms with Gasteiger partial charge in [0, 0.05) is 13.5 Å². The summed E-state index contributed by atoms with van der Waals surface area (Å²) in [6.45, 7) is 2.32. The maximum Gasteiger partial charge on any atom is 0.295 e. The third kappa shape index (κ3) is 5.52. The van der Waals surface area contributed by atoms with Crippen LogP contribution in [0.1, 0.15) is 44.2 Å². The van der Waals surface area contributed by atoms with E-state index >= 15 is 0 Å². The van der Waals surface area contributed by atoms with Crippen LogP contribution in [0.2, 0.25) is 0 Å². The number of nitrogens with two attached hydrogens (primary N) is 1. The average Bonchev–Trinajstić information content (AvgIpc) is 2.97. The minimum atomic E-state index is -1.28. The van der Waals surface area contributed by atoms with E-state index in [4.69, 9.17) is 0 Å². The van der Waals surface area contributed by atoms with Crippen LogP contribution in [-0.2, 0) is 16.6 Å². The SMILES string of the molecule is Cc1c(NC(=O)C[C@H]([NH2+]CCC2=CCCCC2)C(=O)[O-])c(=O)n(-c2ccccc2)n1C. The first-order chi connectivity index (χ1) is 14.9. The first-order valence-corrected chi connectivity index (χ1v) is 10.7. The molecule has 0 saturated heterocycles. The van der Waals surface area contributed by atoms with Crippen molar-refractivity contribution in [1.29, 1.82) is 0 Å². The van der Waals surface area contributed by atoms with Gasteiger partial charge in [0.15, 0.2) is 0 Å². The molecule has 8 heteroatoms. The molecule has 1 heterocycles. The van der Waals surface area contributed by atoms with Crippen LogP contribution in [0.3, 0.4) is 0 Å². The third-order valence-corrected chi connectivity index (χ3v) is 5.83. The van der Waals surface area contributed by atoms with Crippen molar-refractivity contribution in [3.05, 3.63) is 58.0 Å². The predicted octanol–water partition coefficient (Wildman–Crippen LogP) is 0.385. The number of carbonyl (C=O) groups is 2. The number of aromatic nitrogens is 2. The van der Waals surface area contributed by atoms with E-state index in [0.29, 0.717) is 17.9 Å². The molecule has 1 aromatic heterocycles. The van der Waals surface area contributed by atoms with E-state index in [1.807, 2.05) is 18.2 Å². The molecule has 8 nitrogen and oxygen atoms in total. The molecular weight excluding hydrogens is 396 g/mol. The maximum absolute atomic E-state index is 12.9. The zero-order chi connectivity index (χ0) is 22.4. The lowest BCUT2D eigenvalue weighted by molar-refractivity contribution is -0.682. The Balaban J connectivity index is 1.65. The van der Waals surface area contributed by atoms with E-state index in [1.54, 1.807) is 36.1 Å². The Morgan fingerprint density at radius 3 is 2.61 bits per heavy atom. The average molecular weight is 427 g/mol. The Labute approximate surface area is 181 Å². The lowest BCUT2D eigenvalue weighted by atomic mass is 9.97. The number of carboxylic acids is 1. The fourth-order valence-electron chi connectivity index (χ4n) is 3.97. The monoisotopic (exact) mass is 426 g/mol. The fourth-order valence-corrected chi connectivity index (χ4v) is 3.97. The van der Waals surface area contributed by atoms with Gasteiger partial charge in [-0.1, -0.05) is 29.8 Å². The number of aliphatic carboxylic acids is 1. The second-order valence-electron chi connectivity index (χ2n) is 8.00. The van der Waals surface area contributed by atoms with Gasteiger partial charge in [-0.15, -0.1) is 0 Å². The molecule has 31 heavy (non-hydrogen) atoms. The molecule has 1 atom stereocenters. The fraction of sp³-hybridized carbons (Fsp3) is 0.435. The van der Waals surface area contributed by atoms with E-state index in [0.717, 1.165) is 19.3 Å². The zero-order valence-corrected chi connectivity index (χ0v) is 18.1. The highest BCUT2D eigenvalue weighted by atomic mass is 16.4. The van der Waals surface area contributed by atoms with Crippen molar-refractivity contribution in [3.8, 4) is 5.69 Å². The number of hydrogen-bond donors (Lipinski definition) is 2. The molecule has 0 aliphatic heterocycles. The summed E-state index contributed by atoms with van der Waals surface area (Å²) in [6, 6.07) is 8.11. The number of hydrogen-bond acceptors (Lipinski definition) is 4. The van der Waals surface area contributed by atoms with Crippen LogP contribution in [0, 0.1) is 6.92 Å². The molecule has 0 radical (unpaired) electrons. The molecule has 0 unspecified atom stereocenters.